The van der Waals surface area contributed by atoms with Gasteiger partial charge in [0.2, 0.25) is 0 Å². The molecule has 0 saturated carbocycles. The lowest BCUT2D eigenvalue weighted by molar-refractivity contribution is 0.116. The van der Waals surface area contributed by atoms with E-state index in [2.05, 4.69) is 6.92 Å². The Balaban J connectivity index is 2.18. The molecule has 0 fully saturated rings. The average Bonchev–Trinajstić information content (AvgIpc) is 2.49. The minimum atomic E-state index is 0.634. The summed E-state index contributed by atoms with van der Waals surface area (Å²) in [7, 11) is 3.30. The van der Waals surface area contributed by atoms with E-state index in [1.165, 1.54) is 32.1 Å². The molecule has 0 amide bonds. The van der Waals surface area contributed by atoms with E-state index in [4.69, 9.17) is 14.2 Å². The molecule has 20 heavy (non-hydrogen) atoms. The van der Waals surface area contributed by atoms with Crippen LogP contribution in [-0.4, -0.2) is 20.8 Å². The second-order valence-electron chi connectivity index (χ2n) is 5.01. The third-order valence-electron chi connectivity index (χ3n) is 3.36. The molecule has 0 radical (unpaired) electrons. The first-order valence-electron chi connectivity index (χ1n) is 7.60. The molecule has 0 spiro atoms. The van der Waals surface area contributed by atoms with Crippen LogP contribution in [0.2, 0.25) is 0 Å². The molecule has 1 aromatic carbocycles. The van der Waals surface area contributed by atoms with Crippen molar-refractivity contribution in [3.8, 4) is 11.5 Å². The molecular formula is C17H28O3. The first kappa shape index (κ1) is 16.8. The molecular weight excluding hydrogens is 252 g/mol. The second kappa shape index (κ2) is 10.6. The molecule has 0 saturated heterocycles. The van der Waals surface area contributed by atoms with Gasteiger partial charge in [-0.3, -0.25) is 0 Å². The number of rotatable bonds is 11. The zero-order chi connectivity index (χ0) is 14.6. The summed E-state index contributed by atoms with van der Waals surface area (Å²) in [5, 5.41) is 0. The maximum Gasteiger partial charge on any atom is 0.161 e. The lowest BCUT2D eigenvalue weighted by atomic mass is 10.1. The van der Waals surface area contributed by atoms with Crippen molar-refractivity contribution in [3.63, 3.8) is 0 Å². The molecule has 1 aromatic rings. The maximum atomic E-state index is 5.70. The van der Waals surface area contributed by atoms with E-state index in [1.807, 2.05) is 18.2 Å². The molecule has 0 aliphatic rings. The van der Waals surface area contributed by atoms with Gasteiger partial charge in [-0.15, -0.1) is 0 Å². The van der Waals surface area contributed by atoms with E-state index in [9.17, 15) is 0 Å². The first-order valence-corrected chi connectivity index (χ1v) is 7.60. The van der Waals surface area contributed by atoms with Crippen molar-refractivity contribution in [2.75, 3.05) is 20.8 Å². The van der Waals surface area contributed by atoms with Crippen LogP contribution in [0.15, 0.2) is 18.2 Å². The highest BCUT2D eigenvalue weighted by molar-refractivity contribution is 5.42. The van der Waals surface area contributed by atoms with Gasteiger partial charge in [0.15, 0.2) is 11.5 Å². The van der Waals surface area contributed by atoms with Crippen molar-refractivity contribution in [2.45, 2.75) is 52.1 Å². The summed E-state index contributed by atoms with van der Waals surface area (Å²) in [6.07, 6.45) is 7.75. The Morgan fingerprint density at radius 3 is 2.25 bits per heavy atom. The number of benzene rings is 1. The third kappa shape index (κ3) is 6.29. The lowest BCUT2D eigenvalue weighted by Crippen LogP contribution is -1.97. The van der Waals surface area contributed by atoms with Crippen molar-refractivity contribution in [3.05, 3.63) is 23.8 Å². The van der Waals surface area contributed by atoms with Crippen molar-refractivity contribution in [1.82, 2.24) is 0 Å². The minimum absolute atomic E-state index is 0.634. The minimum Gasteiger partial charge on any atom is -0.493 e. The van der Waals surface area contributed by atoms with Crippen molar-refractivity contribution in [1.29, 1.82) is 0 Å². The molecule has 0 bridgehead atoms. The summed E-state index contributed by atoms with van der Waals surface area (Å²) in [5.41, 5.74) is 1.12. The van der Waals surface area contributed by atoms with Crippen molar-refractivity contribution in [2.24, 2.45) is 0 Å². The molecule has 0 aliphatic heterocycles. The molecule has 3 heteroatoms. The number of hydrogen-bond acceptors (Lipinski definition) is 3. The van der Waals surface area contributed by atoms with Crippen LogP contribution in [0.5, 0.6) is 11.5 Å². The van der Waals surface area contributed by atoms with E-state index in [1.54, 1.807) is 14.2 Å². The van der Waals surface area contributed by atoms with E-state index in [0.29, 0.717) is 6.61 Å². The summed E-state index contributed by atoms with van der Waals surface area (Å²) in [6, 6.07) is 5.91. The van der Waals surface area contributed by atoms with Crippen LogP contribution >= 0.6 is 0 Å². The maximum absolute atomic E-state index is 5.70. The van der Waals surface area contributed by atoms with Gasteiger partial charge in [-0.2, -0.15) is 0 Å². The Hall–Kier alpha value is -1.22. The molecule has 0 N–H and O–H groups in total. The smallest absolute Gasteiger partial charge is 0.161 e. The normalized spacial score (nSPS) is 10.6. The van der Waals surface area contributed by atoms with Gasteiger partial charge >= 0.3 is 0 Å². The molecule has 0 unspecified atom stereocenters. The molecule has 3 nitrogen and oxygen atoms in total. The van der Waals surface area contributed by atoms with E-state index < -0.39 is 0 Å². The van der Waals surface area contributed by atoms with Gasteiger partial charge in [0.05, 0.1) is 20.8 Å². The highest BCUT2D eigenvalue weighted by atomic mass is 16.5. The third-order valence-corrected chi connectivity index (χ3v) is 3.36. The number of ether oxygens (including phenoxy) is 3. The number of unbranched alkanes of at least 4 members (excludes halogenated alkanes) is 5. The van der Waals surface area contributed by atoms with E-state index >= 15 is 0 Å². The van der Waals surface area contributed by atoms with Crippen LogP contribution in [0.4, 0.5) is 0 Å². The van der Waals surface area contributed by atoms with Gasteiger partial charge in [0.25, 0.3) is 0 Å². The van der Waals surface area contributed by atoms with Gasteiger partial charge in [0, 0.05) is 6.61 Å². The van der Waals surface area contributed by atoms with Crippen LogP contribution in [0.1, 0.15) is 51.0 Å². The predicted octanol–water partition coefficient (Wildman–Crippen LogP) is 4.58. The van der Waals surface area contributed by atoms with E-state index in [0.717, 1.165) is 30.1 Å². The fourth-order valence-electron chi connectivity index (χ4n) is 2.14. The van der Waals surface area contributed by atoms with Crippen molar-refractivity contribution >= 4 is 0 Å². The molecule has 0 heterocycles. The highest BCUT2D eigenvalue weighted by Crippen LogP contribution is 2.27. The lowest BCUT2D eigenvalue weighted by Gasteiger charge is -2.10. The Labute approximate surface area is 123 Å². The van der Waals surface area contributed by atoms with Crippen LogP contribution < -0.4 is 9.47 Å². The fraction of sp³-hybridized carbons (Fsp3) is 0.647. The van der Waals surface area contributed by atoms with Gasteiger partial charge in [-0.05, 0) is 24.1 Å². The van der Waals surface area contributed by atoms with Gasteiger partial charge in [-0.25, -0.2) is 0 Å². The zero-order valence-corrected chi connectivity index (χ0v) is 13.1. The number of methoxy groups -OCH3 is 2. The van der Waals surface area contributed by atoms with Crippen LogP contribution in [-0.2, 0) is 11.3 Å². The summed E-state index contributed by atoms with van der Waals surface area (Å²) in [6.45, 7) is 3.71. The Bertz CT molecular complexity index is 363. The molecule has 0 aliphatic carbocycles. The van der Waals surface area contributed by atoms with E-state index in [-0.39, 0.29) is 0 Å². The largest absolute Gasteiger partial charge is 0.493 e. The van der Waals surface area contributed by atoms with Crippen LogP contribution in [0, 0.1) is 0 Å². The topological polar surface area (TPSA) is 27.7 Å². The molecule has 1 rings (SSSR count). The fourth-order valence-corrected chi connectivity index (χ4v) is 2.14. The van der Waals surface area contributed by atoms with Crippen molar-refractivity contribution < 1.29 is 14.2 Å². The second-order valence-corrected chi connectivity index (χ2v) is 5.01. The summed E-state index contributed by atoms with van der Waals surface area (Å²) < 4.78 is 16.2. The van der Waals surface area contributed by atoms with Crippen LogP contribution in [0.25, 0.3) is 0 Å². The molecule has 0 atom stereocenters. The average molecular weight is 280 g/mol. The predicted molar refractivity (Wildman–Crippen MR) is 82.6 cm³/mol. The monoisotopic (exact) mass is 280 g/mol. The zero-order valence-electron chi connectivity index (χ0n) is 13.1. The quantitative estimate of drug-likeness (QED) is 0.555. The van der Waals surface area contributed by atoms with Gasteiger partial charge in [0.1, 0.15) is 0 Å². The summed E-state index contributed by atoms with van der Waals surface area (Å²) in [4.78, 5) is 0. The molecule has 0 aromatic heterocycles. The van der Waals surface area contributed by atoms with Gasteiger partial charge in [-0.1, -0.05) is 45.1 Å². The standard InChI is InChI=1S/C17H28O3/c1-4-5-6-7-8-9-12-20-14-15-10-11-16(18-2)17(13-15)19-3/h10-11,13H,4-9,12,14H2,1-3H3. The first-order chi connectivity index (χ1) is 9.81. The molecule has 114 valence electrons. The van der Waals surface area contributed by atoms with Crippen LogP contribution in [0.3, 0.4) is 0 Å². The Kier molecular flexibility index (Phi) is 8.88. The number of hydrogen-bond donors (Lipinski definition) is 0. The Morgan fingerprint density at radius 2 is 1.55 bits per heavy atom. The highest BCUT2D eigenvalue weighted by Gasteiger charge is 2.04. The summed E-state index contributed by atoms with van der Waals surface area (Å²) in [5.74, 6) is 1.51. The van der Waals surface area contributed by atoms with Gasteiger partial charge < -0.3 is 14.2 Å². The Morgan fingerprint density at radius 1 is 0.850 bits per heavy atom. The SMILES string of the molecule is CCCCCCCCOCc1ccc(OC)c(OC)c1. The summed E-state index contributed by atoms with van der Waals surface area (Å²) >= 11 is 0.